The molecule has 1 rings (SSSR count). The van der Waals surface area contributed by atoms with E-state index in [1.807, 2.05) is 0 Å². The summed E-state index contributed by atoms with van der Waals surface area (Å²) >= 11 is 5.55. The van der Waals surface area contributed by atoms with E-state index in [2.05, 4.69) is 10.6 Å². The lowest BCUT2D eigenvalue weighted by atomic mass is 10.3. The number of benzene rings is 1. The lowest BCUT2D eigenvalue weighted by molar-refractivity contribution is -0.119. The van der Waals surface area contributed by atoms with Crippen LogP contribution in [0.2, 0.25) is 5.02 Å². The standard InChI is InChI=1S/C12H16ClFN2O2/c1-18-6-2-5-15-12(17)8-16-9-3-4-10(13)11(14)7-9/h3-4,7,16H,2,5-6,8H2,1H3,(H,15,17). The van der Waals surface area contributed by atoms with E-state index in [9.17, 15) is 9.18 Å². The number of ether oxygens (including phenoxy) is 1. The summed E-state index contributed by atoms with van der Waals surface area (Å²) in [5.74, 6) is -0.663. The zero-order valence-corrected chi connectivity index (χ0v) is 10.9. The number of carbonyl (C=O) groups excluding carboxylic acids is 1. The van der Waals surface area contributed by atoms with Crippen LogP contribution < -0.4 is 10.6 Å². The van der Waals surface area contributed by atoms with Gasteiger partial charge in [-0.25, -0.2) is 4.39 Å². The van der Waals surface area contributed by atoms with E-state index in [1.54, 1.807) is 13.2 Å². The molecule has 6 heteroatoms. The second kappa shape index (κ2) is 7.89. The third-order valence-corrected chi connectivity index (χ3v) is 2.53. The molecule has 0 fully saturated rings. The Hall–Kier alpha value is -1.33. The average molecular weight is 275 g/mol. The molecule has 0 heterocycles. The molecule has 0 spiro atoms. The number of carbonyl (C=O) groups is 1. The van der Waals surface area contributed by atoms with Crippen LogP contribution in [0.4, 0.5) is 10.1 Å². The van der Waals surface area contributed by atoms with Gasteiger partial charge >= 0.3 is 0 Å². The SMILES string of the molecule is COCCCNC(=O)CNc1ccc(Cl)c(F)c1. The summed E-state index contributed by atoms with van der Waals surface area (Å²) in [4.78, 5) is 11.4. The molecule has 1 aromatic carbocycles. The molecule has 1 aromatic rings. The molecule has 0 aliphatic carbocycles. The zero-order valence-electron chi connectivity index (χ0n) is 10.1. The van der Waals surface area contributed by atoms with Gasteiger partial charge < -0.3 is 15.4 Å². The summed E-state index contributed by atoms with van der Waals surface area (Å²) in [7, 11) is 1.61. The minimum atomic E-state index is -0.512. The van der Waals surface area contributed by atoms with Crippen molar-refractivity contribution in [2.45, 2.75) is 6.42 Å². The molecular formula is C12H16ClFN2O2. The van der Waals surface area contributed by atoms with E-state index in [0.717, 1.165) is 6.42 Å². The van der Waals surface area contributed by atoms with E-state index in [0.29, 0.717) is 18.8 Å². The summed E-state index contributed by atoms with van der Waals surface area (Å²) in [5.41, 5.74) is 0.518. The van der Waals surface area contributed by atoms with Gasteiger partial charge in [-0.2, -0.15) is 0 Å². The largest absolute Gasteiger partial charge is 0.385 e. The maximum atomic E-state index is 13.1. The minimum Gasteiger partial charge on any atom is -0.385 e. The van der Waals surface area contributed by atoms with E-state index < -0.39 is 5.82 Å². The lowest BCUT2D eigenvalue weighted by Crippen LogP contribution is -2.31. The molecule has 0 radical (unpaired) electrons. The molecular weight excluding hydrogens is 259 g/mol. The molecule has 0 aliphatic rings. The smallest absolute Gasteiger partial charge is 0.239 e. The first-order valence-corrected chi connectivity index (χ1v) is 5.96. The average Bonchev–Trinajstić information content (AvgIpc) is 2.36. The number of nitrogens with one attached hydrogen (secondary N) is 2. The van der Waals surface area contributed by atoms with E-state index in [4.69, 9.17) is 16.3 Å². The third-order valence-electron chi connectivity index (χ3n) is 2.22. The van der Waals surface area contributed by atoms with Crippen LogP contribution in [0, 0.1) is 5.82 Å². The van der Waals surface area contributed by atoms with Gasteiger partial charge in [-0.15, -0.1) is 0 Å². The molecule has 100 valence electrons. The van der Waals surface area contributed by atoms with Crippen molar-refractivity contribution in [2.75, 3.05) is 32.1 Å². The minimum absolute atomic E-state index is 0.0598. The molecule has 0 aliphatic heterocycles. The molecule has 18 heavy (non-hydrogen) atoms. The van der Waals surface area contributed by atoms with Crippen LogP contribution in [-0.4, -0.2) is 32.7 Å². The first-order chi connectivity index (χ1) is 8.63. The van der Waals surface area contributed by atoms with Gasteiger partial charge in [0.15, 0.2) is 0 Å². The van der Waals surface area contributed by atoms with Crippen LogP contribution in [-0.2, 0) is 9.53 Å². The van der Waals surface area contributed by atoms with Gasteiger partial charge in [0, 0.05) is 25.9 Å². The van der Waals surface area contributed by atoms with Gasteiger partial charge in [0.1, 0.15) is 5.82 Å². The first-order valence-electron chi connectivity index (χ1n) is 5.58. The number of hydrogen-bond acceptors (Lipinski definition) is 3. The van der Waals surface area contributed by atoms with E-state index in [1.165, 1.54) is 12.1 Å². The van der Waals surface area contributed by atoms with Crippen molar-refractivity contribution in [1.29, 1.82) is 0 Å². The first kappa shape index (κ1) is 14.7. The highest BCUT2D eigenvalue weighted by Crippen LogP contribution is 2.18. The van der Waals surface area contributed by atoms with Crippen molar-refractivity contribution < 1.29 is 13.9 Å². The Morgan fingerprint density at radius 3 is 2.94 bits per heavy atom. The Morgan fingerprint density at radius 1 is 1.50 bits per heavy atom. The summed E-state index contributed by atoms with van der Waals surface area (Å²) < 4.78 is 18.0. The fourth-order valence-corrected chi connectivity index (χ4v) is 1.41. The normalized spacial score (nSPS) is 10.2. The Balaban J connectivity index is 2.27. The number of halogens is 2. The van der Waals surface area contributed by atoms with Crippen molar-refractivity contribution >= 4 is 23.2 Å². The number of hydrogen-bond donors (Lipinski definition) is 2. The highest BCUT2D eigenvalue weighted by atomic mass is 35.5. The van der Waals surface area contributed by atoms with Gasteiger partial charge in [0.25, 0.3) is 0 Å². The fourth-order valence-electron chi connectivity index (χ4n) is 1.30. The Kier molecular flexibility index (Phi) is 6.46. The molecule has 0 saturated carbocycles. The summed E-state index contributed by atoms with van der Waals surface area (Å²) in [6.07, 6.45) is 0.762. The number of rotatable bonds is 7. The topological polar surface area (TPSA) is 50.4 Å². The predicted molar refractivity (Wildman–Crippen MR) is 69.4 cm³/mol. The molecule has 0 unspecified atom stereocenters. The Morgan fingerprint density at radius 2 is 2.28 bits per heavy atom. The predicted octanol–water partition coefficient (Wildman–Crippen LogP) is 2.04. The molecule has 4 nitrogen and oxygen atoms in total. The highest BCUT2D eigenvalue weighted by molar-refractivity contribution is 6.30. The second-order valence-electron chi connectivity index (χ2n) is 3.68. The van der Waals surface area contributed by atoms with Gasteiger partial charge in [-0.1, -0.05) is 11.6 Å². The third kappa shape index (κ3) is 5.33. The summed E-state index contributed by atoms with van der Waals surface area (Å²) in [6, 6.07) is 4.31. The van der Waals surface area contributed by atoms with Gasteiger partial charge in [0.2, 0.25) is 5.91 Å². The zero-order chi connectivity index (χ0) is 13.4. The molecule has 0 bridgehead atoms. The molecule has 0 atom stereocenters. The van der Waals surface area contributed by atoms with Crippen molar-refractivity contribution in [3.63, 3.8) is 0 Å². The van der Waals surface area contributed by atoms with Crippen molar-refractivity contribution in [3.05, 3.63) is 29.0 Å². The van der Waals surface area contributed by atoms with Crippen LogP contribution in [0.3, 0.4) is 0 Å². The van der Waals surface area contributed by atoms with Crippen LogP contribution in [0.1, 0.15) is 6.42 Å². The van der Waals surface area contributed by atoms with E-state index >= 15 is 0 Å². The van der Waals surface area contributed by atoms with Crippen LogP contribution in [0.5, 0.6) is 0 Å². The second-order valence-corrected chi connectivity index (χ2v) is 4.09. The number of amides is 1. The quantitative estimate of drug-likeness (QED) is 0.748. The molecule has 0 saturated heterocycles. The Labute approximate surface area is 110 Å². The van der Waals surface area contributed by atoms with Crippen LogP contribution in [0.25, 0.3) is 0 Å². The van der Waals surface area contributed by atoms with Crippen molar-refractivity contribution in [2.24, 2.45) is 0 Å². The monoisotopic (exact) mass is 274 g/mol. The van der Waals surface area contributed by atoms with Gasteiger partial charge in [-0.05, 0) is 24.6 Å². The molecule has 2 N–H and O–H groups in total. The van der Waals surface area contributed by atoms with Crippen LogP contribution >= 0.6 is 11.6 Å². The summed E-state index contributed by atoms with van der Waals surface area (Å²) in [6.45, 7) is 1.26. The maximum absolute atomic E-state index is 13.1. The highest BCUT2D eigenvalue weighted by Gasteiger charge is 2.03. The van der Waals surface area contributed by atoms with Crippen molar-refractivity contribution in [1.82, 2.24) is 5.32 Å². The van der Waals surface area contributed by atoms with E-state index in [-0.39, 0.29) is 17.5 Å². The fraction of sp³-hybridized carbons (Fsp3) is 0.417. The molecule has 1 amide bonds. The lowest BCUT2D eigenvalue weighted by Gasteiger charge is -2.08. The van der Waals surface area contributed by atoms with Gasteiger partial charge in [0.05, 0.1) is 11.6 Å². The summed E-state index contributed by atoms with van der Waals surface area (Å²) in [5, 5.41) is 5.58. The number of anilines is 1. The number of methoxy groups -OCH3 is 1. The van der Waals surface area contributed by atoms with Crippen LogP contribution in [0.15, 0.2) is 18.2 Å². The van der Waals surface area contributed by atoms with Gasteiger partial charge in [-0.3, -0.25) is 4.79 Å². The molecule has 0 aromatic heterocycles. The Bertz CT molecular complexity index is 402. The van der Waals surface area contributed by atoms with Crippen molar-refractivity contribution in [3.8, 4) is 0 Å². The maximum Gasteiger partial charge on any atom is 0.239 e.